The predicted octanol–water partition coefficient (Wildman–Crippen LogP) is 1.79. The minimum atomic E-state index is -3.29. The minimum Gasteiger partial charge on any atom is -0.325 e. The monoisotopic (exact) mass is 335 g/mol. The van der Waals surface area contributed by atoms with Crippen LogP contribution in [-0.4, -0.2) is 26.1 Å². The Morgan fingerprint density at radius 2 is 1.67 bits per heavy atom. The molecule has 0 fully saturated rings. The molecule has 1 unspecified atom stereocenters. The van der Waals surface area contributed by atoms with Crippen molar-refractivity contribution >= 4 is 39.7 Å². The summed E-state index contributed by atoms with van der Waals surface area (Å²) in [5.74, 6) is -0.207. The molecule has 120 valence electrons. The number of sulfonamides is 1. The maximum absolute atomic E-state index is 11.8. The van der Waals surface area contributed by atoms with Gasteiger partial charge in [-0.05, 0) is 37.1 Å². The molecule has 0 bridgehead atoms. The third kappa shape index (κ3) is 6.33. The summed E-state index contributed by atoms with van der Waals surface area (Å²) in [7, 11) is -3.29. The Balaban J connectivity index is 0.00000400. The number of hydrogen-bond donors (Lipinski definition) is 3. The van der Waals surface area contributed by atoms with Crippen LogP contribution in [0.2, 0.25) is 0 Å². The average molecular weight is 336 g/mol. The van der Waals surface area contributed by atoms with E-state index in [-0.39, 0.29) is 30.0 Å². The van der Waals surface area contributed by atoms with Crippen molar-refractivity contribution < 1.29 is 13.2 Å². The number of halogens is 1. The van der Waals surface area contributed by atoms with E-state index in [2.05, 4.69) is 10.0 Å². The van der Waals surface area contributed by atoms with Crippen molar-refractivity contribution in [1.29, 1.82) is 0 Å². The number of amides is 1. The molecule has 0 saturated carbocycles. The number of carbonyl (C=O) groups excluding carboxylic acids is 1. The maximum atomic E-state index is 11.8. The van der Waals surface area contributed by atoms with E-state index >= 15 is 0 Å². The van der Waals surface area contributed by atoms with Gasteiger partial charge in [-0.25, -0.2) is 8.42 Å². The average Bonchev–Trinajstić information content (AvgIpc) is 2.39. The Hall–Kier alpha value is -1.31. The van der Waals surface area contributed by atoms with E-state index in [1.54, 1.807) is 31.2 Å². The summed E-state index contributed by atoms with van der Waals surface area (Å²) in [6, 6.07) is 5.85. The zero-order valence-electron chi connectivity index (χ0n) is 12.3. The number of rotatable bonds is 6. The molecule has 0 aromatic heterocycles. The smallest absolute Gasteiger partial charge is 0.241 e. The fraction of sp³-hybridized carbons (Fsp3) is 0.462. The molecule has 0 saturated heterocycles. The topological polar surface area (TPSA) is 101 Å². The number of nitrogens with two attached hydrogens (primary N) is 1. The predicted molar refractivity (Wildman–Crippen MR) is 88.2 cm³/mol. The SMILES string of the molecule is CCS(=O)(=O)Nc1ccc(NC(=O)C(N)C(C)C)cc1.Cl. The summed E-state index contributed by atoms with van der Waals surface area (Å²) in [6.45, 7) is 5.30. The fourth-order valence-electron chi connectivity index (χ4n) is 1.40. The second kappa shape index (κ2) is 8.21. The van der Waals surface area contributed by atoms with Crippen molar-refractivity contribution in [2.24, 2.45) is 11.7 Å². The summed E-state index contributed by atoms with van der Waals surface area (Å²) in [6.07, 6.45) is 0. The minimum absolute atomic E-state index is 0. The van der Waals surface area contributed by atoms with Crippen molar-refractivity contribution in [2.45, 2.75) is 26.8 Å². The summed E-state index contributed by atoms with van der Waals surface area (Å²) >= 11 is 0. The molecule has 4 N–H and O–H groups in total. The number of carbonyl (C=O) groups is 1. The first-order valence-corrected chi connectivity index (χ1v) is 8.07. The van der Waals surface area contributed by atoms with E-state index < -0.39 is 16.1 Å². The number of benzene rings is 1. The lowest BCUT2D eigenvalue weighted by atomic mass is 10.0. The van der Waals surface area contributed by atoms with Gasteiger partial charge < -0.3 is 11.1 Å². The van der Waals surface area contributed by atoms with Crippen molar-refractivity contribution in [3.05, 3.63) is 24.3 Å². The fourth-order valence-corrected chi connectivity index (χ4v) is 2.04. The van der Waals surface area contributed by atoms with Crippen molar-refractivity contribution in [2.75, 3.05) is 15.8 Å². The van der Waals surface area contributed by atoms with E-state index in [4.69, 9.17) is 5.73 Å². The van der Waals surface area contributed by atoms with E-state index in [9.17, 15) is 13.2 Å². The van der Waals surface area contributed by atoms with Gasteiger partial charge in [0.25, 0.3) is 0 Å². The normalized spacial score (nSPS) is 12.4. The van der Waals surface area contributed by atoms with Crippen LogP contribution in [0.15, 0.2) is 24.3 Å². The summed E-state index contributed by atoms with van der Waals surface area (Å²) < 4.78 is 25.2. The lowest BCUT2D eigenvalue weighted by Gasteiger charge is -2.15. The lowest BCUT2D eigenvalue weighted by Crippen LogP contribution is -2.39. The van der Waals surface area contributed by atoms with Crippen molar-refractivity contribution in [3.8, 4) is 0 Å². The van der Waals surface area contributed by atoms with E-state index in [0.717, 1.165) is 0 Å². The lowest BCUT2D eigenvalue weighted by molar-refractivity contribution is -0.118. The molecule has 0 spiro atoms. The maximum Gasteiger partial charge on any atom is 0.241 e. The summed E-state index contributed by atoms with van der Waals surface area (Å²) in [4.78, 5) is 11.8. The molecule has 21 heavy (non-hydrogen) atoms. The Morgan fingerprint density at radius 1 is 1.19 bits per heavy atom. The summed E-state index contributed by atoms with van der Waals surface area (Å²) in [5, 5.41) is 2.69. The standard InChI is InChI=1S/C13H21N3O3S.ClH/c1-4-20(18,19)16-11-7-5-10(6-8-11)15-13(17)12(14)9(2)3;/h5-9,12,16H,4,14H2,1-3H3,(H,15,17);1H. The van der Waals surface area contributed by atoms with Crippen LogP contribution in [0.5, 0.6) is 0 Å². The van der Waals surface area contributed by atoms with Crippen LogP contribution in [0.3, 0.4) is 0 Å². The molecule has 0 aliphatic rings. The second-order valence-corrected chi connectivity index (χ2v) is 6.85. The molecule has 1 rings (SSSR count). The van der Waals surface area contributed by atoms with Crippen LogP contribution in [0.25, 0.3) is 0 Å². The van der Waals surface area contributed by atoms with Crippen LogP contribution in [0.1, 0.15) is 20.8 Å². The molecule has 8 heteroatoms. The van der Waals surface area contributed by atoms with E-state index in [0.29, 0.717) is 11.4 Å². The van der Waals surface area contributed by atoms with Crippen LogP contribution >= 0.6 is 12.4 Å². The third-order valence-electron chi connectivity index (χ3n) is 2.83. The quantitative estimate of drug-likeness (QED) is 0.737. The third-order valence-corrected chi connectivity index (χ3v) is 4.13. The van der Waals surface area contributed by atoms with Gasteiger partial charge >= 0.3 is 0 Å². The van der Waals surface area contributed by atoms with Gasteiger partial charge in [-0.15, -0.1) is 12.4 Å². The summed E-state index contributed by atoms with van der Waals surface area (Å²) in [5.41, 5.74) is 6.77. The molecule has 0 heterocycles. The van der Waals surface area contributed by atoms with Crippen LogP contribution in [0, 0.1) is 5.92 Å². The largest absolute Gasteiger partial charge is 0.325 e. The molecular weight excluding hydrogens is 314 g/mol. The highest BCUT2D eigenvalue weighted by molar-refractivity contribution is 7.92. The van der Waals surface area contributed by atoms with Crippen LogP contribution in [0.4, 0.5) is 11.4 Å². The molecule has 0 radical (unpaired) electrons. The highest BCUT2D eigenvalue weighted by Crippen LogP contribution is 2.15. The zero-order valence-corrected chi connectivity index (χ0v) is 13.9. The van der Waals surface area contributed by atoms with Crippen molar-refractivity contribution in [1.82, 2.24) is 0 Å². The molecule has 1 aromatic carbocycles. The number of nitrogens with one attached hydrogen (secondary N) is 2. The van der Waals surface area contributed by atoms with Gasteiger partial charge in [-0.1, -0.05) is 13.8 Å². The first kappa shape index (κ1) is 19.7. The molecule has 0 aliphatic heterocycles. The Morgan fingerprint density at radius 3 is 2.10 bits per heavy atom. The number of hydrogen-bond acceptors (Lipinski definition) is 4. The molecule has 1 atom stereocenters. The van der Waals surface area contributed by atoms with Gasteiger partial charge in [0.1, 0.15) is 0 Å². The first-order valence-electron chi connectivity index (χ1n) is 6.42. The van der Waals surface area contributed by atoms with Gasteiger partial charge in [-0.3, -0.25) is 9.52 Å². The van der Waals surface area contributed by atoms with Gasteiger partial charge in [-0.2, -0.15) is 0 Å². The van der Waals surface area contributed by atoms with Crippen LogP contribution in [-0.2, 0) is 14.8 Å². The van der Waals surface area contributed by atoms with Gasteiger partial charge in [0.15, 0.2) is 0 Å². The number of anilines is 2. The Labute approximate surface area is 132 Å². The highest BCUT2D eigenvalue weighted by atomic mass is 35.5. The Bertz CT molecular complexity index is 559. The Kier molecular flexibility index (Phi) is 7.70. The van der Waals surface area contributed by atoms with E-state index in [1.807, 2.05) is 13.8 Å². The van der Waals surface area contributed by atoms with Crippen molar-refractivity contribution in [3.63, 3.8) is 0 Å². The van der Waals surface area contributed by atoms with Gasteiger partial charge in [0, 0.05) is 11.4 Å². The van der Waals surface area contributed by atoms with Gasteiger partial charge in [0.2, 0.25) is 15.9 Å². The first-order chi connectivity index (χ1) is 9.25. The molecule has 6 nitrogen and oxygen atoms in total. The van der Waals surface area contributed by atoms with Gasteiger partial charge in [0.05, 0.1) is 11.8 Å². The second-order valence-electron chi connectivity index (χ2n) is 4.84. The zero-order chi connectivity index (χ0) is 15.3. The van der Waals surface area contributed by atoms with Crippen LogP contribution < -0.4 is 15.8 Å². The molecule has 1 amide bonds. The highest BCUT2D eigenvalue weighted by Gasteiger charge is 2.17. The molecule has 1 aromatic rings. The van der Waals surface area contributed by atoms with E-state index in [1.165, 1.54) is 0 Å². The molecular formula is C13H22ClN3O3S. The molecule has 0 aliphatic carbocycles.